The van der Waals surface area contributed by atoms with E-state index in [-0.39, 0.29) is 24.9 Å². The highest BCUT2D eigenvalue weighted by Crippen LogP contribution is 2.35. The molecule has 7 heteroatoms. The molecule has 0 fully saturated rings. The molecule has 0 atom stereocenters. The van der Waals surface area contributed by atoms with Gasteiger partial charge in [0, 0.05) is 6.54 Å². The largest absolute Gasteiger partial charge is 0.491 e. The highest BCUT2D eigenvalue weighted by atomic mass is 19.4. The number of hydrogen-bond donors (Lipinski definition) is 2. The van der Waals surface area contributed by atoms with E-state index >= 15 is 0 Å². The van der Waals surface area contributed by atoms with Crippen molar-refractivity contribution in [2.24, 2.45) is 10.7 Å². The van der Waals surface area contributed by atoms with Crippen LogP contribution in [0.25, 0.3) is 0 Å². The van der Waals surface area contributed by atoms with Crippen LogP contribution in [0.5, 0.6) is 5.75 Å². The van der Waals surface area contributed by atoms with E-state index in [9.17, 15) is 13.2 Å². The minimum Gasteiger partial charge on any atom is -0.491 e. The molecule has 4 nitrogen and oxygen atoms in total. The normalized spacial score (nSPS) is 12.3. The molecule has 0 spiro atoms. The lowest BCUT2D eigenvalue weighted by Crippen LogP contribution is -2.35. The van der Waals surface area contributed by atoms with Crippen LogP contribution in [0.3, 0.4) is 0 Å². The molecule has 118 valence electrons. The Hall–Kier alpha value is -1.92. The first kappa shape index (κ1) is 17.1. The number of guanidine groups is 1. The summed E-state index contributed by atoms with van der Waals surface area (Å²) in [6, 6.07) is 5.11. The number of aliphatic imine (C=N–C) groups is 1. The molecule has 3 N–H and O–H groups in total. The van der Waals surface area contributed by atoms with Crippen LogP contribution in [0, 0.1) is 0 Å². The number of nitrogens with two attached hydrogens (primary N) is 1. The first-order valence-electron chi connectivity index (χ1n) is 6.78. The Balaban J connectivity index is 2.42. The van der Waals surface area contributed by atoms with Crippen LogP contribution in [0.15, 0.2) is 29.3 Å². The summed E-state index contributed by atoms with van der Waals surface area (Å²) < 4.78 is 43.3. The molecule has 0 saturated carbocycles. The predicted octanol–water partition coefficient (Wildman–Crippen LogP) is 2.79. The van der Waals surface area contributed by atoms with Crippen LogP contribution in [0.4, 0.5) is 13.2 Å². The summed E-state index contributed by atoms with van der Waals surface area (Å²) in [6.45, 7) is 3.03. The van der Waals surface area contributed by atoms with Gasteiger partial charge in [-0.05, 0) is 18.6 Å². The number of rotatable bonds is 7. The van der Waals surface area contributed by atoms with Crippen molar-refractivity contribution >= 4 is 5.96 Å². The highest BCUT2D eigenvalue weighted by Gasteiger charge is 2.33. The third kappa shape index (κ3) is 6.37. The minimum absolute atomic E-state index is 0.0666. The molecule has 0 aliphatic carbocycles. The van der Waals surface area contributed by atoms with Gasteiger partial charge in [0.25, 0.3) is 0 Å². The van der Waals surface area contributed by atoms with E-state index < -0.39 is 11.7 Å². The van der Waals surface area contributed by atoms with E-state index in [0.717, 1.165) is 18.9 Å². The fourth-order valence-corrected chi connectivity index (χ4v) is 1.58. The standard InChI is InChI=1S/C14H20F3N3O/c1-2-3-8-19-13(18)20-9-10-21-12-7-5-4-6-11(12)14(15,16)17/h4-7H,2-3,8-10H2,1H3,(H3,18,19,20). The maximum atomic E-state index is 12.7. The highest BCUT2D eigenvalue weighted by molar-refractivity contribution is 5.77. The third-order valence-electron chi connectivity index (χ3n) is 2.65. The minimum atomic E-state index is -4.43. The van der Waals surface area contributed by atoms with Gasteiger partial charge in [-0.3, -0.25) is 4.99 Å². The van der Waals surface area contributed by atoms with Gasteiger partial charge >= 0.3 is 6.18 Å². The average Bonchev–Trinajstić information content (AvgIpc) is 2.43. The Morgan fingerprint density at radius 1 is 1.33 bits per heavy atom. The second kappa shape index (κ2) is 8.39. The lowest BCUT2D eigenvalue weighted by Gasteiger charge is -2.14. The molecule has 0 amide bonds. The molecular formula is C14H20F3N3O. The molecule has 0 radical (unpaired) electrons. The number of nitrogens with one attached hydrogen (secondary N) is 1. The van der Waals surface area contributed by atoms with Crippen LogP contribution >= 0.6 is 0 Å². The molecular weight excluding hydrogens is 283 g/mol. The van der Waals surface area contributed by atoms with Crippen LogP contribution in [0.2, 0.25) is 0 Å². The lowest BCUT2D eigenvalue weighted by atomic mass is 10.2. The SMILES string of the molecule is CCCCN=C(N)NCCOc1ccccc1C(F)(F)F. The van der Waals surface area contributed by atoms with E-state index in [1.54, 1.807) is 0 Å². The fraction of sp³-hybridized carbons (Fsp3) is 0.500. The Morgan fingerprint density at radius 2 is 2.05 bits per heavy atom. The van der Waals surface area contributed by atoms with Crippen LogP contribution in [0.1, 0.15) is 25.3 Å². The number of alkyl halides is 3. The smallest absolute Gasteiger partial charge is 0.419 e. The zero-order chi connectivity index (χ0) is 15.7. The summed E-state index contributed by atoms with van der Waals surface area (Å²) in [4.78, 5) is 4.06. The van der Waals surface area contributed by atoms with E-state index in [4.69, 9.17) is 10.5 Å². The molecule has 0 aliphatic rings. The maximum absolute atomic E-state index is 12.7. The van der Waals surface area contributed by atoms with Gasteiger partial charge in [-0.15, -0.1) is 0 Å². The molecule has 0 saturated heterocycles. The van der Waals surface area contributed by atoms with E-state index in [1.165, 1.54) is 18.2 Å². The van der Waals surface area contributed by atoms with Gasteiger partial charge < -0.3 is 15.8 Å². The number of nitrogens with zero attached hydrogens (tertiary/aromatic N) is 1. The van der Waals surface area contributed by atoms with Crippen molar-refractivity contribution in [1.82, 2.24) is 5.32 Å². The Labute approximate surface area is 122 Å². The van der Waals surface area contributed by atoms with Crippen LogP contribution in [-0.4, -0.2) is 25.7 Å². The number of para-hydroxylation sites is 1. The number of halogens is 3. The van der Waals surface area contributed by atoms with E-state index in [2.05, 4.69) is 10.3 Å². The summed E-state index contributed by atoms with van der Waals surface area (Å²) in [5, 5.41) is 2.79. The van der Waals surface area contributed by atoms with E-state index in [1.807, 2.05) is 6.92 Å². The summed E-state index contributed by atoms with van der Waals surface area (Å²) >= 11 is 0. The molecule has 1 rings (SSSR count). The van der Waals surface area contributed by atoms with E-state index in [0.29, 0.717) is 6.54 Å². The lowest BCUT2D eigenvalue weighted by molar-refractivity contribution is -0.138. The van der Waals surface area contributed by atoms with Crippen molar-refractivity contribution in [3.8, 4) is 5.75 Å². The number of unbranched alkanes of at least 4 members (excludes halogenated alkanes) is 1. The molecule has 0 bridgehead atoms. The van der Waals surface area contributed by atoms with Crippen molar-refractivity contribution in [1.29, 1.82) is 0 Å². The number of benzene rings is 1. The molecule has 0 unspecified atom stereocenters. The molecule has 1 aromatic rings. The zero-order valence-electron chi connectivity index (χ0n) is 11.9. The first-order valence-corrected chi connectivity index (χ1v) is 6.78. The van der Waals surface area contributed by atoms with Crippen LogP contribution < -0.4 is 15.8 Å². The van der Waals surface area contributed by atoms with Gasteiger partial charge in [0.2, 0.25) is 0 Å². The van der Waals surface area contributed by atoms with Gasteiger partial charge in [0.1, 0.15) is 12.4 Å². The van der Waals surface area contributed by atoms with Crippen molar-refractivity contribution in [2.75, 3.05) is 19.7 Å². The average molecular weight is 303 g/mol. The number of hydrogen-bond acceptors (Lipinski definition) is 2. The topological polar surface area (TPSA) is 59.6 Å². The molecule has 21 heavy (non-hydrogen) atoms. The predicted molar refractivity (Wildman–Crippen MR) is 76.3 cm³/mol. The van der Waals surface area contributed by atoms with Gasteiger partial charge in [0.05, 0.1) is 12.1 Å². The van der Waals surface area contributed by atoms with Gasteiger partial charge in [-0.25, -0.2) is 0 Å². The summed E-state index contributed by atoms with van der Waals surface area (Å²) in [6.07, 6.45) is -2.46. The van der Waals surface area contributed by atoms with Gasteiger partial charge in [0.15, 0.2) is 5.96 Å². The molecule has 1 aromatic carbocycles. The second-order valence-corrected chi connectivity index (χ2v) is 4.39. The summed E-state index contributed by atoms with van der Waals surface area (Å²) in [7, 11) is 0. The molecule has 0 heterocycles. The van der Waals surface area contributed by atoms with Crippen molar-refractivity contribution < 1.29 is 17.9 Å². The van der Waals surface area contributed by atoms with Gasteiger partial charge in [-0.2, -0.15) is 13.2 Å². The maximum Gasteiger partial charge on any atom is 0.419 e. The van der Waals surface area contributed by atoms with Crippen molar-refractivity contribution in [3.05, 3.63) is 29.8 Å². The summed E-state index contributed by atoms with van der Waals surface area (Å²) in [5.74, 6) is 0.0875. The van der Waals surface area contributed by atoms with Crippen molar-refractivity contribution in [2.45, 2.75) is 25.9 Å². The third-order valence-corrected chi connectivity index (χ3v) is 2.65. The summed E-state index contributed by atoms with van der Waals surface area (Å²) in [5.41, 5.74) is 4.81. The number of ether oxygens (including phenoxy) is 1. The monoisotopic (exact) mass is 303 g/mol. The molecule has 0 aliphatic heterocycles. The van der Waals surface area contributed by atoms with Crippen molar-refractivity contribution in [3.63, 3.8) is 0 Å². The Kier molecular flexibility index (Phi) is 6.84. The first-order chi connectivity index (χ1) is 9.95. The zero-order valence-corrected chi connectivity index (χ0v) is 11.9. The van der Waals surface area contributed by atoms with Crippen LogP contribution in [-0.2, 0) is 6.18 Å². The Bertz CT molecular complexity index is 461. The fourth-order valence-electron chi connectivity index (χ4n) is 1.58. The molecule has 0 aromatic heterocycles. The second-order valence-electron chi connectivity index (χ2n) is 4.39. The van der Waals surface area contributed by atoms with Gasteiger partial charge in [-0.1, -0.05) is 25.5 Å². The quantitative estimate of drug-likeness (QED) is 0.462. The Morgan fingerprint density at radius 3 is 2.71 bits per heavy atom.